The van der Waals surface area contributed by atoms with Crippen LogP contribution in [-0.2, 0) is 9.84 Å². The summed E-state index contributed by atoms with van der Waals surface area (Å²) in [6, 6.07) is 1.62. The zero-order valence-electron chi connectivity index (χ0n) is 4.75. The molecule has 0 aromatic rings. The Bertz CT molecular complexity index is 199. The van der Waals surface area contributed by atoms with Gasteiger partial charge >= 0.3 is 0 Å². The molecule has 8 heavy (non-hydrogen) atoms. The monoisotopic (exact) mass is 133 g/mol. The van der Waals surface area contributed by atoms with E-state index in [2.05, 4.69) is 0 Å². The van der Waals surface area contributed by atoms with Crippen molar-refractivity contribution >= 4 is 9.84 Å². The van der Waals surface area contributed by atoms with Gasteiger partial charge in [0.05, 0.1) is 6.07 Å². The third kappa shape index (κ3) is 1.94. The first-order chi connectivity index (χ1) is 3.48. The fourth-order valence-corrected chi connectivity index (χ4v) is 0.287. The Balaban J connectivity index is 4.34. The maximum absolute atomic E-state index is 10.3. The molecule has 0 aliphatic rings. The SMILES string of the molecule is C[C@H](C#N)S(C)(=O)=O. The van der Waals surface area contributed by atoms with E-state index in [1.807, 2.05) is 0 Å². The van der Waals surface area contributed by atoms with Gasteiger partial charge in [-0.3, -0.25) is 0 Å². The van der Waals surface area contributed by atoms with Crippen LogP contribution in [0.3, 0.4) is 0 Å². The Morgan fingerprint density at radius 2 is 2.00 bits per heavy atom. The van der Waals surface area contributed by atoms with Crippen LogP contribution in [0.4, 0.5) is 0 Å². The molecular formula is C4H7NO2S. The molecule has 0 unspecified atom stereocenters. The van der Waals surface area contributed by atoms with Crippen molar-refractivity contribution in [2.75, 3.05) is 6.26 Å². The van der Waals surface area contributed by atoms with Crippen molar-refractivity contribution in [1.82, 2.24) is 0 Å². The molecule has 0 aliphatic heterocycles. The maximum atomic E-state index is 10.3. The average Bonchev–Trinajstić information content (AvgIpc) is 1.62. The Hall–Kier alpha value is -0.560. The van der Waals surface area contributed by atoms with Crippen LogP contribution < -0.4 is 0 Å². The standard InChI is InChI=1S/C4H7NO2S/c1-4(3-5)8(2,6)7/h4H,1-2H3/t4-/m1/s1. The fraction of sp³-hybridized carbons (Fsp3) is 0.750. The molecule has 0 radical (unpaired) electrons. The first-order valence-electron chi connectivity index (χ1n) is 2.07. The molecule has 0 amide bonds. The Labute approximate surface area is 48.9 Å². The zero-order valence-corrected chi connectivity index (χ0v) is 5.57. The lowest BCUT2D eigenvalue weighted by Gasteiger charge is -1.93. The number of rotatable bonds is 1. The predicted octanol–water partition coefficient (Wildman–Crippen LogP) is -0.0569. The quantitative estimate of drug-likeness (QED) is 0.503. The topological polar surface area (TPSA) is 57.9 Å². The van der Waals surface area contributed by atoms with E-state index in [1.165, 1.54) is 6.92 Å². The van der Waals surface area contributed by atoms with Gasteiger partial charge in [-0.15, -0.1) is 0 Å². The van der Waals surface area contributed by atoms with Crippen LogP contribution >= 0.6 is 0 Å². The maximum Gasteiger partial charge on any atom is 0.163 e. The minimum Gasteiger partial charge on any atom is -0.228 e. The summed E-state index contributed by atoms with van der Waals surface area (Å²) in [5, 5.41) is 7.17. The van der Waals surface area contributed by atoms with E-state index in [1.54, 1.807) is 6.07 Å². The van der Waals surface area contributed by atoms with E-state index in [0.717, 1.165) is 6.26 Å². The highest BCUT2D eigenvalue weighted by molar-refractivity contribution is 7.91. The number of nitriles is 1. The van der Waals surface area contributed by atoms with Gasteiger partial charge in [0.25, 0.3) is 0 Å². The summed E-state index contributed by atoms with van der Waals surface area (Å²) < 4.78 is 20.7. The molecule has 0 bridgehead atoms. The summed E-state index contributed by atoms with van der Waals surface area (Å²) in [6.45, 7) is 1.36. The highest BCUT2D eigenvalue weighted by atomic mass is 32.2. The minimum atomic E-state index is -3.11. The van der Waals surface area contributed by atoms with Gasteiger partial charge in [-0.1, -0.05) is 0 Å². The summed E-state index contributed by atoms with van der Waals surface area (Å²) in [5.41, 5.74) is 0. The number of nitrogens with zero attached hydrogens (tertiary/aromatic N) is 1. The molecule has 0 saturated heterocycles. The molecule has 0 aromatic heterocycles. The van der Waals surface area contributed by atoms with Crippen molar-refractivity contribution in [3.8, 4) is 6.07 Å². The lowest BCUT2D eigenvalue weighted by atomic mass is 10.5. The Morgan fingerprint density at radius 1 is 1.62 bits per heavy atom. The molecule has 4 heteroatoms. The number of hydrogen-bond donors (Lipinski definition) is 0. The van der Waals surface area contributed by atoms with Gasteiger partial charge in [0.1, 0.15) is 5.25 Å². The molecule has 0 fully saturated rings. The molecule has 0 heterocycles. The van der Waals surface area contributed by atoms with Gasteiger partial charge in [0, 0.05) is 6.26 Å². The largest absolute Gasteiger partial charge is 0.228 e. The minimum absolute atomic E-state index is 0.873. The van der Waals surface area contributed by atoms with Crippen molar-refractivity contribution in [2.24, 2.45) is 0 Å². The predicted molar refractivity (Wildman–Crippen MR) is 29.9 cm³/mol. The van der Waals surface area contributed by atoms with Crippen LogP contribution in [0.1, 0.15) is 6.92 Å². The summed E-state index contributed by atoms with van der Waals surface area (Å²) in [4.78, 5) is 0. The van der Waals surface area contributed by atoms with Gasteiger partial charge in [0.2, 0.25) is 0 Å². The highest BCUT2D eigenvalue weighted by Gasteiger charge is 2.11. The second-order valence-electron chi connectivity index (χ2n) is 1.60. The number of sulfone groups is 1. The summed E-state index contributed by atoms with van der Waals surface area (Å²) >= 11 is 0. The first-order valence-corrected chi connectivity index (χ1v) is 4.02. The van der Waals surface area contributed by atoms with Crippen LogP contribution in [-0.4, -0.2) is 19.9 Å². The lowest BCUT2D eigenvalue weighted by Crippen LogP contribution is -2.12. The number of hydrogen-bond acceptors (Lipinski definition) is 3. The summed E-state index contributed by atoms with van der Waals surface area (Å²) in [6.07, 6.45) is 1.04. The van der Waals surface area contributed by atoms with Crippen molar-refractivity contribution in [3.63, 3.8) is 0 Å². The van der Waals surface area contributed by atoms with Crippen LogP contribution in [0.25, 0.3) is 0 Å². The smallest absolute Gasteiger partial charge is 0.163 e. The molecular weight excluding hydrogens is 126 g/mol. The zero-order chi connectivity index (χ0) is 6.78. The van der Waals surface area contributed by atoms with Crippen molar-refractivity contribution in [3.05, 3.63) is 0 Å². The van der Waals surface area contributed by atoms with E-state index in [-0.39, 0.29) is 0 Å². The Kier molecular flexibility index (Phi) is 1.99. The van der Waals surface area contributed by atoms with Gasteiger partial charge in [0.15, 0.2) is 9.84 Å². The second-order valence-corrected chi connectivity index (χ2v) is 3.97. The van der Waals surface area contributed by atoms with E-state index in [0.29, 0.717) is 0 Å². The molecule has 0 aliphatic carbocycles. The molecule has 3 nitrogen and oxygen atoms in total. The third-order valence-electron chi connectivity index (χ3n) is 0.824. The fourth-order valence-electron chi connectivity index (χ4n) is 0.0957. The molecule has 0 aromatic carbocycles. The molecule has 0 rings (SSSR count). The molecule has 1 atom stereocenters. The average molecular weight is 133 g/mol. The van der Waals surface area contributed by atoms with Gasteiger partial charge in [-0.2, -0.15) is 5.26 Å². The van der Waals surface area contributed by atoms with Crippen LogP contribution in [0.5, 0.6) is 0 Å². The van der Waals surface area contributed by atoms with Crippen LogP contribution in [0.15, 0.2) is 0 Å². The van der Waals surface area contributed by atoms with E-state index >= 15 is 0 Å². The van der Waals surface area contributed by atoms with Crippen molar-refractivity contribution < 1.29 is 8.42 Å². The Morgan fingerprint density at radius 3 is 2.00 bits per heavy atom. The van der Waals surface area contributed by atoms with E-state index in [9.17, 15) is 8.42 Å². The molecule has 0 spiro atoms. The lowest BCUT2D eigenvalue weighted by molar-refractivity contribution is 0.598. The normalized spacial score (nSPS) is 14.6. The molecule has 46 valence electrons. The van der Waals surface area contributed by atoms with Crippen LogP contribution in [0, 0.1) is 11.3 Å². The van der Waals surface area contributed by atoms with Gasteiger partial charge < -0.3 is 0 Å². The van der Waals surface area contributed by atoms with Crippen LogP contribution in [0.2, 0.25) is 0 Å². The first kappa shape index (κ1) is 7.44. The van der Waals surface area contributed by atoms with Crippen molar-refractivity contribution in [2.45, 2.75) is 12.2 Å². The summed E-state index contributed by atoms with van der Waals surface area (Å²) in [5.74, 6) is 0. The second kappa shape index (κ2) is 2.14. The van der Waals surface area contributed by atoms with E-state index in [4.69, 9.17) is 5.26 Å². The molecule has 0 N–H and O–H groups in total. The molecule has 0 saturated carbocycles. The van der Waals surface area contributed by atoms with Gasteiger partial charge in [-0.25, -0.2) is 8.42 Å². The van der Waals surface area contributed by atoms with E-state index < -0.39 is 15.1 Å². The summed E-state index contributed by atoms with van der Waals surface area (Å²) in [7, 11) is -3.11. The van der Waals surface area contributed by atoms with Gasteiger partial charge in [-0.05, 0) is 6.92 Å². The van der Waals surface area contributed by atoms with Crippen molar-refractivity contribution in [1.29, 1.82) is 5.26 Å². The third-order valence-corrected chi connectivity index (χ3v) is 2.21. The highest BCUT2D eigenvalue weighted by Crippen LogP contribution is 1.92.